The molecule has 0 saturated carbocycles. The Labute approximate surface area is 416 Å². The smallest absolute Gasteiger partial charge is 0.306 e. The maximum Gasteiger partial charge on any atom is 0.306 e. The predicted molar refractivity (Wildman–Crippen MR) is 286 cm³/mol. The molecule has 0 aromatic heterocycles. The lowest BCUT2D eigenvalue weighted by Gasteiger charge is -2.28. The molecule has 0 N–H and O–H groups in total. The fourth-order valence-electron chi connectivity index (χ4n) is 6.75. The quantitative estimate of drug-likeness (QED) is 0.0195. The van der Waals surface area contributed by atoms with E-state index in [0.29, 0.717) is 23.9 Å². The van der Waals surface area contributed by atoms with Crippen LogP contribution in [0.1, 0.15) is 194 Å². The summed E-state index contributed by atoms with van der Waals surface area (Å²) in [6.07, 6.45) is 67.3. The van der Waals surface area contributed by atoms with Crippen LogP contribution < -0.4 is 4.89 Å². The van der Waals surface area contributed by atoms with Crippen molar-refractivity contribution in [3.8, 4) is 0 Å². The van der Waals surface area contributed by atoms with Gasteiger partial charge in [0.1, 0.15) is 19.8 Å². The highest BCUT2D eigenvalue weighted by Crippen LogP contribution is 2.38. The number of unbranched alkanes of at least 4 members (excludes halogenated alkanes) is 15. The van der Waals surface area contributed by atoms with Crippen LogP contribution in [-0.4, -0.2) is 70.0 Å². The number of ether oxygens (including phenoxy) is 2. The van der Waals surface area contributed by atoms with Gasteiger partial charge >= 0.3 is 11.9 Å². The van der Waals surface area contributed by atoms with Crippen molar-refractivity contribution in [1.82, 2.24) is 0 Å². The molecule has 10 heteroatoms. The molecule has 68 heavy (non-hydrogen) atoms. The number of nitrogens with zero attached hydrogens (tertiary/aromatic N) is 1. The van der Waals surface area contributed by atoms with Gasteiger partial charge < -0.3 is 27.9 Å². The van der Waals surface area contributed by atoms with E-state index in [0.717, 1.165) is 77.0 Å². The molecule has 0 aliphatic rings. The number of quaternary nitrogens is 1. The Morgan fingerprint density at radius 3 is 1.24 bits per heavy atom. The molecular weight excluding hydrogens is 870 g/mol. The summed E-state index contributed by atoms with van der Waals surface area (Å²) in [6.45, 7) is 3.90. The van der Waals surface area contributed by atoms with Crippen LogP contribution in [0.4, 0.5) is 0 Å². The number of likely N-dealkylation sites (N-methyl/N-ethyl adjacent to an activating group) is 1. The maximum absolute atomic E-state index is 12.7. The number of hydrogen-bond donors (Lipinski definition) is 0. The summed E-state index contributed by atoms with van der Waals surface area (Å²) in [5, 5.41) is 0. The number of phosphoric ester groups is 1. The highest BCUT2D eigenvalue weighted by molar-refractivity contribution is 7.45. The van der Waals surface area contributed by atoms with Gasteiger partial charge in [-0.1, -0.05) is 207 Å². The van der Waals surface area contributed by atoms with Gasteiger partial charge in [-0.15, -0.1) is 0 Å². The van der Waals surface area contributed by atoms with Crippen LogP contribution in [0.2, 0.25) is 0 Å². The molecule has 0 radical (unpaired) electrons. The fraction of sp³-hybridized carbons (Fsp3) is 0.655. The van der Waals surface area contributed by atoms with E-state index in [-0.39, 0.29) is 26.1 Å². The second-order valence-electron chi connectivity index (χ2n) is 18.5. The van der Waals surface area contributed by atoms with E-state index in [1.54, 1.807) is 0 Å². The Kier molecular flexibility index (Phi) is 46.3. The SMILES string of the molecule is CC/C=C\C/C=C\C/C=C\C/C=C\C/C=C\CCCCCCCCCCCCCCCCCC(=O)OC(COC(=O)CC/C=C\C/C=C\C/C=C\C/C=C\CC)COP(=O)([O-])OCC[N+](C)(C)C. The molecule has 2 atom stereocenters. The van der Waals surface area contributed by atoms with Gasteiger partial charge in [0.2, 0.25) is 0 Å². The molecule has 0 aromatic carbocycles. The first-order valence-electron chi connectivity index (χ1n) is 26.6. The number of hydrogen-bond acceptors (Lipinski definition) is 8. The van der Waals surface area contributed by atoms with Gasteiger partial charge in [0.25, 0.3) is 7.82 Å². The predicted octanol–water partition coefficient (Wildman–Crippen LogP) is 15.6. The zero-order valence-electron chi connectivity index (χ0n) is 43.8. The lowest BCUT2D eigenvalue weighted by molar-refractivity contribution is -0.870. The van der Waals surface area contributed by atoms with Crippen molar-refractivity contribution in [2.75, 3.05) is 47.5 Å². The average molecular weight is 968 g/mol. The number of carbonyl (C=O) groups excluding carboxylic acids is 2. The van der Waals surface area contributed by atoms with Crippen molar-refractivity contribution in [3.63, 3.8) is 0 Å². The van der Waals surface area contributed by atoms with E-state index in [1.165, 1.54) is 77.0 Å². The molecule has 388 valence electrons. The first kappa shape index (κ1) is 64.7. The Hall–Kier alpha value is -3.33. The van der Waals surface area contributed by atoms with Crippen molar-refractivity contribution in [1.29, 1.82) is 0 Å². The topological polar surface area (TPSA) is 111 Å². The molecule has 0 spiro atoms. The normalized spacial score (nSPS) is 14.3. The van der Waals surface area contributed by atoms with Gasteiger partial charge in [0, 0.05) is 12.8 Å². The van der Waals surface area contributed by atoms with Crippen molar-refractivity contribution in [3.05, 3.63) is 109 Å². The minimum Gasteiger partial charge on any atom is -0.756 e. The van der Waals surface area contributed by atoms with Gasteiger partial charge in [-0.2, -0.15) is 0 Å². The highest BCUT2D eigenvalue weighted by atomic mass is 31.2. The van der Waals surface area contributed by atoms with Gasteiger partial charge in [-0.05, 0) is 83.5 Å². The third kappa shape index (κ3) is 52.0. The lowest BCUT2D eigenvalue weighted by atomic mass is 10.0. The highest BCUT2D eigenvalue weighted by Gasteiger charge is 2.21. The molecule has 0 aliphatic carbocycles. The Morgan fingerprint density at radius 2 is 0.824 bits per heavy atom. The Balaban J connectivity index is 4.15. The van der Waals surface area contributed by atoms with E-state index in [9.17, 15) is 19.0 Å². The third-order valence-electron chi connectivity index (χ3n) is 10.8. The van der Waals surface area contributed by atoms with E-state index in [4.69, 9.17) is 18.5 Å². The summed E-state index contributed by atoms with van der Waals surface area (Å²) < 4.78 is 33.9. The molecule has 0 amide bonds. The van der Waals surface area contributed by atoms with Crippen LogP contribution in [0.15, 0.2) is 109 Å². The van der Waals surface area contributed by atoms with Crippen LogP contribution in [0.5, 0.6) is 0 Å². The second-order valence-corrected chi connectivity index (χ2v) is 19.9. The number of carbonyl (C=O) groups is 2. The third-order valence-corrected chi connectivity index (χ3v) is 11.8. The van der Waals surface area contributed by atoms with Crippen LogP contribution in [-0.2, 0) is 32.7 Å². The molecule has 0 aromatic rings. The standard InChI is InChI=1S/C58H98NO8P/c1-6-8-10-12-14-16-18-20-21-22-23-24-25-26-27-28-29-30-31-32-33-34-35-36-37-39-41-43-45-47-49-51-58(61)67-56(55-66-68(62,63)65-53-52-59(3,4)5)54-64-57(60)50-48-46-44-42-40-38-19-17-15-13-11-9-7-2/h8-11,14-17,20-21,23-24,26-27,38,40,44,46,56H,6-7,12-13,18-19,22,25,28-37,39,41-43,45,47-55H2,1-5H3/b10-8-,11-9-,16-14-,17-15-,21-20-,24-23-,27-26-,40-38-,46-44-. The summed E-state index contributed by atoms with van der Waals surface area (Å²) in [7, 11) is 1.12. The Bertz CT molecular complexity index is 1520. The average Bonchev–Trinajstić information content (AvgIpc) is 3.30. The van der Waals surface area contributed by atoms with Crippen LogP contribution >= 0.6 is 7.82 Å². The zero-order chi connectivity index (χ0) is 49.9. The van der Waals surface area contributed by atoms with Gasteiger partial charge in [0.15, 0.2) is 6.10 Å². The van der Waals surface area contributed by atoms with Crippen molar-refractivity contribution >= 4 is 19.8 Å². The number of esters is 2. The van der Waals surface area contributed by atoms with Crippen LogP contribution in [0.25, 0.3) is 0 Å². The van der Waals surface area contributed by atoms with Gasteiger partial charge in [0.05, 0.1) is 27.7 Å². The molecule has 0 heterocycles. The summed E-state index contributed by atoms with van der Waals surface area (Å²) in [5.74, 6) is -0.935. The largest absolute Gasteiger partial charge is 0.756 e. The molecule has 0 bridgehead atoms. The molecule has 0 saturated heterocycles. The molecule has 0 rings (SSSR count). The van der Waals surface area contributed by atoms with E-state index in [1.807, 2.05) is 33.3 Å². The Morgan fingerprint density at radius 1 is 0.456 bits per heavy atom. The number of allylic oxidation sites excluding steroid dienone is 18. The van der Waals surface area contributed by atoms with E-state index >= 15 is 0 Å². The molecule has 2 unspecified atom stereocenters. The van der Waals surface area contributed by atoms with Crippen LogP contribution in [0, 0.1) is 0 Å². The zero-order valence-corrected chi connectivity index (χ0v) is 44.7. The summed E-state index contributed by atoms with van der Waals surface area (Å²) >= 11 is 0. The monoisotopic (exact) mass is 968 g/mol. The molecule has 0 fully saturated rings. The number of phosphoric acid groups is 1. The lowest BCUT2D eigenvalue weighted by Crippen LogP contribution is -2.37. The number of rotatable bonds is 47. The minimum atomic E-state index is -4.65. The summed E-state index contributed by atoms with van der Waals surface area (Å²) in [5.41, 5.74) is 0. The van der Waals surface area contributed by atoms with E-state index in [2.05, 4.69) is 111 Å². The van der Waals surface area contributed by atoms with Crippen molar-refractivity contribution in [2.24, 2.45) is 0 Å². The second kappa shape index (κ2) is 48.7. The molecule has 0 aliphatic heterocycles. The van der Waals surface area contributed by atoms with Gasteiger partial charge in [-0.3, -0.25) is 14.2 Å². The minimum absolute atomic E-state index is 0.0459. The first-order chi connectivity index (χ1) is 33.0. The maximum atomic E-state index is 12.7. The van der Waals surface area contributed by atoms with E-state index < -0.39 is 32.5 Å². The van der Waals surface area contributed by atoms with Crippen LogP contribution in [0.3, 0.4) is 0 Å². The summed E-state index contributed by atoms with van der Waals surface area (Å²) in [6, 6.07) is 0. The van der Waals surface area contributed by atoms with Gasteiger partial charge in [-0.25, -0.2) is 0 Å². The molecular formula is C58H98NO8P. The first-order valence-corrected chi connectivity index (χ1v) is 28.1. The molecule has 9 nitrogen and oxygen atoms in total. The van der Waals surface area contributed by atoms with Crippen molar-refractivity contribution in [2.45, 2.75) is 200 Å². The van der Waals surface area contributed by atoms with Crippen molar-refractivity contribution < 1.29 is 42.1 Å². The fourth-order valence-corrected chi connectivity index (χ4v) is 7.48. The summed E-state index contributed by atoms with van der Waals surface area (Å²) in [4.78, 5) is 37.6.